The normalized spacial score (nSPS) is 16.9. The van der Waals surface area contributed by atoms with Crippen molar-refractivity contribution in [3.63, 3.8) is 0 Å². The highest BCUT2D eigenvalue weighted by Gasteiger charge is 2.30. The Bertz CT molecular complexity index is 1100. The maximum absolute atomic E-state index is 13.3. The SMILES string of the molecule is CC1(CCN=Cc2cc3ccccc3n2S(=O)(=O)c2ccccc2)OCCO1. The summed E-state index contributed by atoms with van der Waals surface area (Å²) in [4.78, 5) is 4.69. The molecule has 0 radical (unpaired) electrons. The van der Waals surface area contributed by atoms with E-state index in [1.54, 1.807) is 42.6 Å². The van der Waals surface area contributed by atoms with E-state index in [1.165, 1.54) is 3.97 Å². The van der Waals surface area contributed by atoms with Crippen LogP contribution in [0.15, 0.2) is 70.6 Å². The van der Waals surface area contributed by atoms with Gasteiger partial charge in [0.2, 0.25) is 0 Å². The number of ether oxygens (including phenoxy) is 2. The summed E-state index contributed by atoms with van der Waals surface area (Å²) in [5.74, 6) is -0.611. The van der Waals surface area contributed by atoms with Gasteiger partial charge < -0.3 is 9.47 Å². The molecule has 7 heteroatoms. The fourth-order valence-electron chi connectivity index (χ4n) is 3.33. The average Bonchev–Trinajstić information content (AvgIpc) is 3.30. The molecule has 0 amide bonds. The number of rotatable bonds is 6. The molecule has 2 aromatic carbocycles. The molecular formula is C21H22N2O4S. The number of para-hydroxylation sites is 1. The Morgan fingerprint density at radius 3 is 2.50 bits per heavy atom. The van der Waals surface area contributed by atoms with Crippen LogP contribution in [0, 0.1) is 0 Å². The molecule has 1 aliphatic rings. The molecule has 0 unspecified atom stereocenters. The predicted molar refractivity (Wildman–Crippen MR) is 108 cm³/mol. The number of benzene rings is 2. The van der Waals surface area contributed by atoms with Gasteiger partial charge in [0.15, 0.2) is 5.79 Å². The van der Waals surface area contributed by atoms with Gasteiger partial charge in [-0.15, -0.1) is 0 Å². The third kappa shape index (κ3) is 3.61. The molecule has 0 bridgehead atoms. The Hall–Kier alpha value is -2.48. The van der Waals surface area contributed by atoms with Crippen molar-refractivity contribution in [2.75, 3.05) is 19.8 Å². The van der Waals surface area contributed by atoms with Gasteiger partial charge in [-0.05, 0) is 31.2 Å². The maximum Gasteiger partial charge on any atom is 0.268 e. The van der Waals surface area contributed by atoms with E-state index in [9.17, 15) is 8.42 Å². The van der Waals surface area contributed by atoms with Crippen molar-refractivity contribution < 1.29 is 17.9 Å². The van der Waals surface area contributed by atoms with Crippen LogP contribution in [-0.4, -0.2) is 44.2 Å². The second kappa shape index (κ2) is 7.50. The summed E-state index contributed by atoms with van der Waals surface area (Å²) in [7, 11) is -3.74. The zero-order chi connectivity index (χ0) is 19.6. The van der Waals surface area contributed by atoms with E-state index in [1.807, 2.05) is 31.2 Å². The Morgan fingerprint density at radius 2 is 1.75 bits per heavy atom. The topological polar surface area (TPSA) is 69.9 Å². The summed E-state index contributed by atoms with van der Waals surface area (Å²) in [6.45, 7) is 3.54. The van der Waals surface area contributed by atoms with Gasteiger partial charge in [-0.25, -0.2) is 12.4 Å². The van der Waals surface area contributed by atoms with Gasteiger partial charge in [0.1, 0.15) is 0 Å². The molecule has 0 saturated carbocycles. The standard InChI is InChI=1S/C21H22N2O4S/c1-21(26-13-14-27-21)11-12-22-16-18-15-17-7-5-6-10-20(17)23(18)28(24,25)19-8-3-2-4-9-19/h2-10,15-16H,11-14H2,1H3. The van der Waals surface area contributed by atoms with Gasteiger partial charge in [0.05, 0.1) is 29.3 Å². The van der Waals surface area contributed by atoms with E-state index >= 15 is 0 Å². The lowest BCUT2D eigenvalue weighted by Crippen LogP contribution is -2.26. The number of hydrogen-bond donors (Lipinski definition) is 0. The Morgan fingerprint density at radius 1 is 1.07 bits per heavy atom. The molecule has 3 aromatic rings. The lowest BCUT2D eigenvalue weighted by atomic mass is 10.2. The molecule has 4 rings (SSSR count). The molecule has 1 aliphatic heterocycles. The van der Waals surface area contributed by atoms with E-state index in [0.29, 0.717) is 37.4 Å². The van der Waals surface area contributed by atoms with Gasteiger partial charge in [0.25, 0.3) is 10.0 Å². The van der Waals surface area contributed by atoms with Gasteiger partial charge in [-0.3, -0.25) is 4.99 Å². The van der Waals surface area contributed by atoms with Crippen molar-refractivity contribution in [2.24, 2.45) is 4.99 Å². The first-order chi connectivity index (χ1) is 13.5. The van der Waals surface area contributed by atoms with Crippen molar-refractivity contribution in [3.8, 4) is 0 Å². The average molecular weight is 398 g/mol. The van der Waals surface area contributed by atoms with Gasteiger partial charge in [0, 0.05) is 24.6 Å². The van der Waals surface area contributed by atoms with Crippen LogP contribution in [0.1, 0.15) is 19.0 Å². The minimum atomic E-state index is -3.74. The molecule has 146 valence electrons. The summed E-state index contributed by atoms with van der Waals surface area (Å²) in [6, 6.07) is 17.7. The molecule has 0 aliphatic carbocycles. The fraction of sp³-hybridized carbons (Fsp3) is 0.286. The first-order valence-electron chi connectivity index (χ1n) is 9.18. The van der Waals surface area contributed by atoms with E-state index in [2.05, 4.69) is 4.99 Å². The van der Waals surface area contributed by atoms with E-state index in [4.69, 9.17) is 9.47 Å². The molecule has 0 atom stereocenters. The first kappa shape index (κ1) is 18.9. The molecule has 0 spiro atoms. The van der Waals surface area contributed by atoms with Crippen LogP contribution >= 0.6 is 0 Å². The van der Waals surface area contributed by atoms with Crippen LogP contribution in [0.3, 0.4) is 0 Å². The molecule has 6 nitrogen and oxygen atoms in total. The quantitative estimate of drug-likeness (QED) is 0.597. The van der Waals surface area contributed by atoms with Crippen molar-refractivity contribution in [1.29, 1.82) is 0 Å². The molecule has 28 heavy (non-hydrogen) atoms. The van der Waals surface area contributed by atoms with Gasteiger partial charge >= 0.3 is 0 Å². The van der Waals surface area contributed by atoms with E-state index < -0.39 is 15.8 Å². The van der Waals surface area contributed by atoms with Crippen molar-refractivity contribution in [1.82, 2.24) is 3.97 Å². The fourth-order valence-corrected chi connectivity index (χ4v) is 4.85. The van der Waals surface area contributed by atoms with Gasteiger partial charge in [-0.2, -0.15) is 0 Å². The summed E-state index contributed by atoms with van der Waals surface area (Å²) < 4.78 is 39.1. The third-order valence-electron chi connectivity index (χ3n) is 4.79. The summed E-state index contributed by atoms with van der Waals surface area (Å²) in [5, 5.41) is 0.845. The maximum atomic E-state index is 13.3. The highest BCUT2D eigenvalue weighted by atomic mass is 32.2. The highest BCUT2D eigenvalue weighted by molar-refractivity contribution is 7.90. The molecular weight excluding hydrogens is 376 g/mol. The predicted octanol–water partition coefficient (Wildman–Crippen LogP) is 3.45. The zero-order valence-electron chi connectivity index (χ0n) is 15.6. The smallest absolute Gasteiger partial charge is 0.268 e. The van der Waals surface area contributed by atoms with E-state index in [-0.39, 0.29) is 4.90 Å². The summed E-state index contributed by atoms with van der Waals surface area (Å²) >= 11 is 0. The third-order valence-corrected chi connectivity index (χ3v) is 6.55. The summed E-state index contributed by atoms with van der Waals surface area (Å²) in [5.41, 5.74) is 1.14. The number of nitrogens with zero attached hydrogens (tertiary/aromatic N) is 2. The van der Waals surface area contributed by atoms with E-state index in [0.717, 1.165) is 5.39 Å². The minimum Gasteiger partial charge on any atom is -0.348 e. The minimum absolute atomic E-state index is 0.242. The van der Waals surface area contributed by atoms with Crippen LogP contribution in [-0.2, 0) is 19.5 Å². The van der Waals surface area contributed by atoms with Gasteiger partial charge in [-0.1, -0.05) is 36.4 Å². The molecule has 1 aromatic heterocycles. The van der Waals surface area contributed by atoms with Crippen LogP contribution < -0.4 is 0 Å². The monoisotopic (exact) mass is 398 g/mol. The van der Waals surface area contributed by atoms with Crippen LogP contribution in [0.5, 0.6) is 0 Å². The first-order valence-corrected chi connectivity index (χ1v) is 10.6. The van der Waals surface area contributed by atoms with Crippen molar-refractivity contribution in [2.45, 2.75) is 24.0 Å². The molecule has 1 saturated heterocycles. The van der Waals surface area contributed by atoms with Crippen molar-refractivity contribution >= 4 is 27.1 Å². The zero-order valence-corrected chi connectivity index (χ0v) is 16.4. The Labute approximate surface area is 164 Å². The molecule has 2 heterocycles. The number of fused-ring (bicyclic) bond motifs is 1. The number of hydrogen-bond acceptors (Lipinski definition) is 5. The van der Waals surface area contributed by atoms with Crippen LogP contribution in [0.25, 0.3) is 10.9 Å². The second-order valence-corrected chi connectivity index (χ2v) is 8.61. The lowest BCUT2D eigenvalue weighted by molar-refractivity contribution is -0.144. The highest BCUT2D eigenvalue weighted by Crippen LogP contribution is 2.25. The van der Waals surface area contributed by atoms with Crippen LogP contribution in [0.2, 0.25) is 0 Å². The Kier molecular flexibility index (Phi) is 5.05. The second-order valence-electron chi connectivity index (χ2n) is 6.83. The number of aliphatic imine (C=N–C) groups is 1. The largest absolute Gasteiger partial charge is 0.348 e. The lowest BCUT2D eigenvalue weighted by Gasteiger charge is -2.20. The number of aromatic nitrogens is 1. The Balaban J connectivity index is 1.69. The molecule has 1 fully saturated rings. The van der Waals surface area contributed by atoms with Crippen molar-refractivity contribution in [3.05, 3.63) is 66.4 Å². The molecule has 0 N–H and O–H groups in total. The summed E-state index contributed by atoms with van der Waals surface area (Å²) in [6.07, 6.45) is 2.22. The van der Waals surface area contributed by atoms with Crippen LogP contribution in [0.4, 0.5) is 0 Å².